The number of hydrogen-bond acceptors (Lipinski definition) is 4. The summed E-state index contributed by atoms with van der Waals surface area (Å²) in [4.78, 5) is 37.6. The second-order valence-corrected chi connectivity index (χ2v) is 8.92. The average molecular weight is 451 g/mol. The van der Waals surface area contributed by atoms with Crippen LogP contribution in [0, 0.1) is 5.92 Å². The number of carbonyl (C=O) groups is 3. The van der Waals surface area contributed by atoms with Gasteiger partial charge in [-0.3, -0.25) is 9.59 Å². The number of alkyl carbamates (subject to hydrolysis) is 1. The molecular formula is C26H30N2O5. The molecule has 1 aliphatic heterocycles. The van der Waals surface area contributed by atoms with E-state index < -0.39 is 12.1 Å². The zero-order valence-electron chi connectivity index (χ0n) is 18.8. The van der Waals surface area contributed by atoms with Gasteiger partial charge in [-0.15, -0.1) is 0 Å². The average Bonchev–Trinajstić information content (AvgIpc) is 3.08. The maximum absolute atomic E-state index is 12.6. The number of likely N-dealkylation sites (tertiary alicyclic amines) is 1. The van der Waals surface area contributed by atoms with Gasteiger partial charge < -0.3 is 20.1 Å². The summed E-state index contributed by atoms with van der Waals surface area (Å²) in [5.74, 6) is -0.894. The minimum atomic E-state index is -0.840. The van der Waals surface area contributed by atoms with Gasteiger partial charge in [0.2, 0.25) is 5.91 Å². The summed E-state index contributed by atoms with van der Waals surface area (Å²) in [6.45, 7) is 3.17. The van der Waals surface area contributed by atoms with Crippen LogP contribution in [-0.2, 0) is 14.3 Å². The molecular weight excluding hydrogens is 420 g/mol. The van der Waals surface area contributed by atoms with Crippen molar-refractivity contribution in [3.63, 3.8) is 0 Å². The molecule has 0 aromatic heterocycles. The predicted octanol–water partition coefficient (Wildman–Crippen LogP) is 4.02. The van der Waals surface area contributed by atoms with E-state index in [1.165, 1.54) is 11.1 Å². The highest BCUT2D eigenvalue weighted by molar-refractivity contribution is 5.80. The van der Waals surface area contributed by atoms with Crippen molar-refractivity contribution in [2.75, 3.05) is 19.7 Å². The molecule has 1 fully saturated rings. The highest BCUT2D eigenvalue weighted by Crippen LogP contribution is 2.44. The lowest BCUT2D eigenvalue weighted by atomic mass is 9.95. The van der Waals surface area contributed by atoms with Gasteiger partial charge in [-0.05, 0) is 28.7 Å². The Balaban J connectivity index is 1.31. The first-order chi connectivity index (χ1) is 16.0. The lowest BCUT2D eigenvalue weighted by Gasteiger charge is -2.39. The van der Waals surface area contributed by atoms with Gasteiger partial charge in [-0.1, -0.05) is 61.9 Å². The van der Waals surface area contributed by atoms with E-state index in [-0.39, 0.29) is 43.2 Å². The summed E-state index contributed by atoms with van der Waals surface area (Å²) in [5, 5.41) is 11.7. The Morgan fingerprint density at radius 2 is 1.67 bits per heavy atom. The van der Waals surface area contributed by atoms with Crippen LogP contribution in [0.3, 0.4) is 0 Å². The second-order valence-electron chi connectivity index (χ2n) is 8.92. The number of aliphatic carboxylic acids is 1. The van der Waals surface area contributed by atoms with Gasteiger partial charge in [0.05, 0.1) is 6.42 Å². The number of carboxylic acid groups (broad SMARTS) is 1. The molecule has 4 rings (SSSR count). The molecule has 33 heavy (non-hydrogen) atoms. The Bertz CT molecular complexity index is 985. The molecule has 0 spiro atoms. The quantitative estimate of drug-likeness (QED) is 0.602. The molecule has 2 aliphatic rings. The van der Waals surface area contributed by atoms with E-state index in [0.717, 1.165) is 17.5 Å². The third-order valence-electron chi connectivity index (χ3n) is 6.50. The highest BCUT2D eigenvalue weighted by atomic mass is 16.5. The first kappa shape index (κ1) is 22.8. The molecule has 0 bridgehead atoms. The highest BCUT2D eigenvalue weighted by Gasteiger charge is 2.33. The van der Waals surface area contributed by atoms with E-state index in [1.54, 1.807) is 4.90 Å². The number of carboxylic acids is 1. The van der Waals surface area contributed by atoms with E-state index in [4.69, 9.17) is 9.84 Å². The number of rotatable bonds is 9. The van der Waals surface area contributed by atoms with Crippen LogP contribution < -0.4 is 5.32 Å². The molecule has 7 heteroatoms. The van der Waals surface area contributed by atoms with Gasteiger partial charge in [0.25, 0.3) is 0 Å². The fraction of sp³-hybridized carbons (Fsp3) is 0.423. The van der Waals surface area contributed by atoms with E-state index in [0.29, 0.717) is 19.5 Å². The minimum absolute atomic E-state index is 0.0123. The zero-order valence-corrected chi connectivity index (χ0v) is 18.8. The lowest BCUT2D eigenvalue weighted by Crippen LogP contribution is -2.52. The van der Waals surface area contributed by atoms with E-state index in [9.17, 15) is 14.4 Å². The number of benzene rings is 2. The van der Waals surface area contributed by atoms with Crippen LogP contribution in [0.15, 0.2) is 48.5 Å². The number of amides is 2. The third-order valence-corrected chi connectivity index (χ3v) is 6.50. The number of ether oxygens (including phenoxy) is 1. The summed E-state index contributed by atoms with van der Waals surface area (Å²) in [6.07, 6.45) is 1.25. The van der Waals surface area contributed by atoms with Crippen molar-refractivity contribution in [1.29, 1.82) is 0 Å². The Labute approximate surface area is 193 Å². The van der Waals surface area contributed by atoms with Crippen molar-refractivity contribution in [3.05, 3.63) is 59.7 Å². The van der Waals surface area contributed by atoms with Crippen LogP contribution >= 0.6 is 0 Å². The fourth-order valence-electron chi connectivity index (χ4n) is 4.87. The molecule has 0 saturated carbocycles. The first-order valence-corrected chi connectivity index (χ1v) is 11.6. The molecule has 1 saturated heterocycles. The molecule has 0 unspecified atom stereocenters. The monoisotopic (exact) mass is 450 g/mol. The molecule has 174 valence electrons. The SMILES string of the molecule is CCC[C@@H](CC(=O)N1CC(CC(=O)O)C1)NC(=O)OCC1c2ccccc2-c2ccccc21. The maximum Gasteiger partial charge on any atom is 0.407 e. The summed E-state index contributed by atoms with van der Waals surface area (Å²) in [6, 6.07) is 16.0. The van der Waals surface area contributed by atoms with Crippen LogP contribution in [0.25, 0.3) is 11.1 Å². The number of hydrogen-bond donors (Lipinski definition) is 2. The van der Waals surface area contributed by atoms with Crippen molar-refractivity contribution in [2.24, 2.45) is 5.92 Å². The Morgan fingerprint density at radius 1 is 1.06 bits per heavy atom. The van der Waals surface area contributed by atoms with Crippen molar-refractivity contribution < 1.29 is 24.2 Å². The molecule has 1 heterocycles. The molecule has 2 N–H and O–H groups in total. The van der Waals surface area contributed by atoms with Crippen molar-refractivity contribution in [1.82, 2.24) is 10.2 Å². The normalized spacial score (nSPS) is 15.8. The van der Waals surface area contributed by atoms with Crippen molar-refractivity contribution >= 4 is 18.0 Å². The smallest absolute Gasteiger partial charge is 0.407 e. The van der Waals surface area contributed by atoms with Crippen LogP contribution in [0.1, 0.15) is 49.7 Å². The second kappa shape index (κ2) is 10.1. The van der Waals surface area contributed by atoms with E-state index >= 15 is 0 Å². The molecule has 7 nitrogen and oxygen atoms in total. The molecule has 1 aliphatic carbocycles. The standard InChI is InChI=1S/C26H30N2O5/c1-2-7-18(13-24(29)28-14-17(15-28)12-25(30)31)27-26(32)33-16-23-21-10-5-3-8-19(21)20-9-4-6-11-22(20)23/h3-6,8-11,17-18,23H,2,7,12-16H2,1H3,(H,27,32)(H,30,31)/t18-/m0/s1. The summed E-state index contributed by atoms with van der Waals surface area (Å²) >= 11 is 0. The Kier molecular flexibility index (Phi) is 6.96. The third kappa shape index (κ3) is 5.18. The molecule has 1 atom stereocenters. The van der Waals surface area contributed by atoms with Crippen LogP contribution in [0.5, 0.6) is 0 Å². The van der Waals surface area contributed by atoms with Gasteiger partial charge in [0.1, 0.15) is 6.61 Å². The zero-order chi connectivity index (χ0) is 23.4. The van der Waals surface area contributed by atoms with Crippen LogP contribution in [-0.4, -0.2) is 53.7 Å². The molecule has 0 radical (unpaired) electrons. The van der Waals surface area contributed by atoms with Crippen LogP contribution in [0.2, 0.25) is 0 Å². The first-order valence-electron chi connectivity index (χ1n) is 11.6. The summed E-state index contributed by atoms with van der Waals surface area (Å²) < 4.78 is 5.62. The predicted molar refractivity (Wildman–Crippen MR) is 124 cm³/mol. The number of carbonyl (C=O) groups excluding carboxylic acids is 2. The van der Waals surface area contributed by atoms with E-state index in [2.05, 4.69) is 29.6 Å². The Hall–Kier alpha value is -3.35. The molecule has 2 amide bonds. The summed E-state index contributed by atoms with van der Waals surface area (Å²) in [5.41, 5.74) is 4.65. The van der Waals surface area contributed by atoms with Gasteiger partial charge in [-0.2, -0.15) is 0 Å². The molecule has 2 aromatic carbocycles. The van der Waals surface area contributed by atoms with Gasteiger partial charge in [0, 0.05) is 37.4 Å². The largest absolute Gasteiger partial charge is 0.481 e. The topological polar surface area (TPSA) is 95.9 Å². The number of nitrogens with one attached hydrogen (secondary N) is 1. The van der Waals surface area contributed by atoms with Crippen LogP contribution in [0.4, 0.5) is 4.79 Å². The van der Waals surface area contributed by atoms with Crippen molar-refractivity contribution in [2.45, 2.75) is 44.6 Å². The summed E-state index contributed by atoms with van der Waals surface area (Å²) in [7, 11) is 0. The number of nitrogens with zero attached hydrogens (tertiary/aromatic N) is 1. The maximum atomic E-state index is 12.6. The lowest BCUT2D eigenvalue weighted by molar-refractivity contribution is -0.145. The minimum Gasteiger partial charge on any atom is -0.481 e. The number of fused-ring (bicyclic) bond motifs is 3. The van der Waals surface area contributed by atoms with Gasteiger partial charge in [-0.25, -0.2) is 4.79 Å². The Morgan fingerprint density at radius 3 is 2.24 bits per heavy atom. The van der Waals surface area contributed by atoms with E-state index in [1.807, 2.05) is 31.2 Å². The van der Waals surface area contributed by atoms with Crippen molar-refractivity contribution in [3.8, 4) is 11.1 Å². The van der Waals surface area contributed by atoms with Gasteiger partial charge >= 0.3 is 12.1 Å². The fourth-order valence-corrected chi connectivity index (χ4v) is 4.87. The van der Waals surface area contributed by atoms with Gasteiger partial charge in [0.15, 0.2) is 0 Å². The molecule has 2 aromatic rings.